The van der Waals surface area contributed by atoms with Crippen molar-refractivity contribution in [3.05, 3.63) is 30.1 Å². The zero-order valence-corrected chi connectivity index (χ0v) is 15.8. The van der Waals surface area contributed by atoms with E-state index in [1.807, 2.05) is 23.4 Å². The number of rotatable bonds is 6. The Hall–Kier alpha value is -1.46. The highest BCUT2D eigenvalue weighted by Crippen LogP contribution is 2.20. The van der Waals surface area contributed by atoms with Crippen molar-refractivity contribution >= 4 is 5.91 Å². The number of hydrogen-bond acceptors (Lipinski definition) is 4. The second-order valence-corrected chi connectivity index (χ2v) is 7.26. The van der Waals surface area contributed by atoms with E-state index in [-0.39, 0.29) is 18.0 Å². The number of piperazine rings is 1. The minimum absolute atomic E-state index is 0.244. The van der Waals surface area contributed by atoms with Crippen LogP contribution in [0.3, 0.4) is 0 Å². The smallest absolute Gasteiger partial charge is 0.237 e. The molecule has 0 aliphatic carbocycles. The summed E-state index contributed by atoms with van der Waals surface area (Å²) in [5, 5.41) is 0. The first kappa shape index (κ1) is 18.9. The zero-order valence-electron chi connectivity index (χ0n) is 15.8. The summed E-state index contributed by atoms with van der Waals surface area (Å²) >= 11 is 0. The molecule has 0 aromatic carbocycles. The van der Waals surface area contributed by atoms with Crippen LogP contribution in [0.15, 0.2) is 24.5 Å². The maximum atomic E-state index is 12.6. The molecule has 1 fully saturated rings. The molecule has 5 nitrogen and oxygen atoms in total. The fourth-order valence-corrected chi connectivity index (χ4v) is 3.59. The predicted octanol–water partition coefficient (Wildman–Crippen LogP) is 2.41. The van der Waals surface area contributed by atoms with Gasteiger partial charge in [0.15, 0.2) is 0 Å². The van der Waals surface area contributed by atoms with E-state index in [4.69, 9.17) is 0 Å². The number of aromatic nitrogens is 1. The van der Waals surface area contributed by atoms with E-state index in [1.165, 1.54) is 5.56 Å². The van der Waals surface area contributed by atoms with E-state index in [9.17, 15) is 4.79 Å². The molecule has 0 spiro atoms. The molecular weight excluding hydrogens is 300 g/mol. The van der Waals surface area contributed by atoms with Crippen LogP contribution in [0.25, 0.3) is 0 Å². The van der Waals surface area contributed by atoms with Crippen LogP contribution < -0.4 is 0 Å². The Morgan fingerprint density at radius 1 is 1.12 bits per heavy atom. The van der Waals surface area contributed by atoms with Gasteiger partial charge in [-0.15, -0.1) is 0 Å². The molecule has 1 aromatic rings. The topological polar surface area (TPSA) is 39.7 Å². The first-order chi connectivity index (χ1) is 11.4. The van der Waals surface area contributed by atoms with Gasteiger partial charge in [-0.2, -0.15) is 0 Å². The predicted molar refractivity (Wildman–Crippen MR) is 97.8 cm³/mol. The van der Waals surface area contributed by atoms with Crippen LogP contribution in [-0.2, 0) is 4.79 Å². The zero-order chi connectivity index (χ0) is 17.7. The third kappa shape index (κ3) is 4.77. The Morgan fingerprint density at radius 3 is 2.25 bits per heavy atom. The Bertz CT molecular complexity index is 501. The van der Waals surface area contributed by atoms with Gasteiger partial charge in [-0.05, 0) is 46.2 Å². The van der Waals surface area contributed by atoms with Gasteiger partial charge in [0.25, 0.3) is 0 Å². The van der Waals surface area contributed by atoms with Crippen molar-refractivity contribution in [2.75, 3.05) is 32.7 Å². The first-order valence-corrected chi connectivity index (χ1v) is 9.07. The van der Waals surface area contributed by atoms with Crippen LogP contribution >= 0.6 is 0 Å². The summed E-state index contributed by atoms with van der Waals surface area (Å²) in [5.41, 5.74) is 1.26. The second-order valence-electron chi connectivity index (χ2n) is 7.26. The van der Waals surface area contributed by atoms with Gasteiger partial charge in [0.2, 0.25) is 5.91 Å². The molecule has 1 aliphatic heterocycles. The van der Waals surface area contributed by atoms with Crippen molar-refractivity contribution in [2.24, 2.45) is 0 Å². The minimum atomic E-state index is 0.244. The Morgan fingerprint density at radius 2 is 1.75 bits per heavy atom. The van der Waals surface area contributed by atoms with Crippen molar-refractivity contribution in [3.8, 4) is 0 Å². The summed E-state index contributed by atoms with van der Waals surface area (Å²) in [6.45, 7) is 15.0. The van der Waals surface area contributed by atoms with Crippen LogP contribution in [0, 0.1) is 0 Å². The van der Waals surface area contributed by atoms with Gasteiger partial charge in [0.1, 0.15) is 0 Å². The Labute approximate surface area is 146 Å². The fourth-order valence-electron chi connectivity index (χ4n) is 3.59. The molecule has 1 aliphatic rings. The molecule has 0 N–H and O–H groups in total. The third-order valence-corrected chi connectivity index (χ3v) is 4.88. The van der Waals surface area contributed by atoms with Crippen molar-refractivity contribution < 1.29 is 4.79 Å². The van der Waals surface area contributed by atoms with Crippen LogP contribution in [-0.4, -0.2) is 70.4 Å². The van der Waals surface area contributed by atoms with Gasteiger partial charge in [0, 0.05) is 56.7 Å². The lowest BCUT2D eigenvalue weighted by Gasteiger charge is -2.39. The molecule has 1 saturated heterocycles. The highest BCUT2D eigenvalue weighted by atomic mass is 16.2. The number of amides is 1. The van der Waals surface area contributed by atoms with Crippen molar-refractivity contribution in [1.29, 1.82) is 0 Å². The lowest BCUT2D eigenvalue weighted by Crippen LogP contribution is -2.52. The molecular formula is C19H32N4O. The SMILES string of the molecule is CC(c1cccnc1)N1CCN(CC(=O)N(C(C)C)C(C)C)CC1. The molecule has 1 aromatic heterocycles. The lowest BCUT2D eigenvalue weighted by molar-refractivity contribution is -0.136. The molecule has 1 atom stereocenters. The van der Waals surface area contributed by atoms with Gasteiger partial charge < -0.3 is 4.90 Å². The van der Waals surface area contributed by atoms with E-state index in [2.05, 4.69) is 55.5 Å². The molecule has 24 heavy (non-hydrogen) atoms. The number of pyridine rings is 1. The normalized spacial score (nSPS) is 18.1. The number of hydrogen-bond donors (Lipinski definition) is 0. The van der Waals surface area contributed by atoms with Gasteiger partial charge in [-0.3, -0.25) is 19.6 Å². The van der Waals surface area contributed by atoms with E-state index >= 15 is 0 Å². The van der Waals surface area contributed by atoms with E-state index < -0.39 is 0 Å². The maximum Gasteiger partial charge on any atom is 0.237 e. The molecule has 1 unspecified atom stereocenters. The monoisotopic (exact) mass is 332 g/mol. The molecule has 0 bridgehead atoms. The fraction of sp³-hybridized carbons (Fsp3) is 0.684. The van der Waals surface area contributed by atoms with E-state index in [0.29, 0.717) is 12.6 Å². The summed E-state index contributed by atoms with van der Waals surface area (Å²) < 4.78 is 0. The quantitative estimate of drug-likeness (QED) is 0.802. The summed E-state index contributed by atoms with van der Waals surface area (Å²) in [6, 6.07) is 5.01. The summed E-state index contributed by atoms with van der Waals surface area (Å²) in [6.07, 6.45) is 3.76. The molecule has 134 valence electrons. The number of carbonyl (C=O) groups excluding carboxylic acids is 1. The van der Waals surface area contributed by atoms with E-state index in [0.717, 1.165) is 26.2 Å². The van der Waals surface area contributed by atoms with Crippen LogP contribution in [0.2, 0.25) is 0 Å². The Kier molecular flexibility index (Phi) is 6.75. The third-order valence-electron chi connectivity index (χ3n) is 4.88. The van der Waals surface area contributed by atoms with Crippen molar-refractivity contribution in [3.63, 3.8) is 0 Å². The molecule has 2 heterocycles. The lowest BCUT2D eigenvalue weighted by atomic mass is 10.1. The average Bonchev–Trinajstić information content (AvgIpc) is 2.55. The molecule has 5 heteroatoms. The Balaban J connectivity index is 1.85. The average molecular weight is 332 g/mol. The van der Waals surface area contributed by atoms with Gasteiger partial charge >= 0.3 is 0 Å². The second kappa shape index (κ2) is 8.58. The largest absolute Gasteiger partial charge is 0.337 e. The van der Waals surface area contributed by atoms with Gasteiger partial charge in [-0.1, -0.05) is 6.07 Å². The highest BCUT2D eigenvalue weighted by molar-refractivity contribution is 5.78. The number of carbonyl (C=O) groups is 1. The minimum Gasteiger partial charge on any atom is -0.337 e. The number of nitrogens with zero attached hydrogens (tertiary/aromatic N) is 4. The van der Waals surface area contributed by atoms with E-state index in [1.54, 1.807) is 0 Å². The van der Waals surface area contributed by atoms with Gasteiger partial charge in [-0.25, -0.2) is 0 Å². The van der Waals surface area contributed by atoms with Gasteiger partial charge in [0.05, 0.1) is 6.54 Å². The van der Waals surface area contributed by atoms with Crippen molar-refractivity contribution in [1.82, 2.24) is 19.7 Å². The molecule has 2 rings (SSSR count). The summed E-state index contributed by atoms with van der Waals surface area (Å²) in [7, 11) is 0. The molecule has 0 radical (unpaired) electrons. The van der Waals surface area contributed by atoms with Crippen LogP contribution in [0.4, 0.5) is 0 Å². The van der Waals surface area contributed by atoms with Crippen LogP contribution in [0.1, 0.15) is 46.2 Å². The van der Waals surface area contributed by atoms with Crippen molar-refractivity contribution in [2.45, 2.75) is 52.7 Å². The standard InChI is InChI=1S/C19H32N4O/c1-15(2)23(16(3)4)19(24)14-21-9-11-22(12-10-21)17(5)18-7-6-8-20-13-18/h6-8,13,15-17H,9-12,14H2,1-5H3. The van der Waals surface area contributed by atoms with Crippen LogP contribution in [0.5, 0.6) is 0 Å². The summed E-state index contributed by atoms with van der Waals surface area (Å²) in [5.74, 6) is 0.244. The maximum absolute atomic E-state index is 12.6. The molecule has 1 amide bonds. The first-order valence-electron chi connectivity index (χ1n) is 9.07. The molecule has 0 saturated carbocycles. The summed E-state index contributed by atoms with van der Waals surface area (Å²) in [4.78, 5) is 23.6. The highest BCUT2D eigenvalue weighted by Gasteiger charge is 2.26.